The molecule has 2 aromatic carbocycles. The SMILES string of the molecule is CCC1(CC)Oc2ccccc2C(c2ccc(F)cc2)C1/C=C/C1CC(O)CC(=O)O1. The van der Waals surface area contributed by atoms with Crippen molar-refractivity contribution in [2.24, 2.45) is 5.92 Å². The molecule has 1 N–H and O–H groups in total. The predicted octanol–water partition coefficient (Wildman–Crippen LogP) is 5.15. The van der Waals surface area contributed by atoms with Crippen molar-refractivity contribution in [3.05, 3.63) is 77.6 Å². The molecule has 4 atom stereocenters. The molecule has 2 aromatic rings. The van der Waals surface area contributed by atoms with E-state index in [9.17, 15) is 14.3 Å². The number of ether oxygens (including phenoxy) is 2. The number of fused-ring (bicyclic) bond motifs is 1. The fraction of sp³-hybridized carbons (Fsp3) is 0.423. The average Bonchev–Trinajstić information content (AvgIpc) is 2.76. The molecule has 5 heteroatoms. The zero-order valence-electron chi connectivity index (χ0n) is 18.0. The summed E-state index contributed by atoms with van der Waals surface area (Å²) in [6.07, 6.45) is 4.82. The molecular weight excluding hydrogens is 395 g/mol. The normalized spacial score (nSPS) is 27.4. The summed E-state index contributed by atoms with van der Waals surface area (Å²) < 4.78 is 25.7. The predicted molar refractivity (Wildman–Crippen MR) is 116 cm³/mol. The van der Waals surface area contributed by atoms with Crippen molar-refractivity contribution in [3.8, 4) is 5.75 Å². The van der Waals surface area contributed by atoms with E-state index < -0.39 is 17.8 Å². The monoisotopic (exact) mass is 424 g/mol. The van der Waals surface area contributed by atoms with Gasteiger partial charge >= 0.3 is 5.97 Å². The Hall–Kier alpha value is -2.66. The van der Waals surface area contributed by atoms with Gasteiger partial charge in [0, 0.05) is 23.8 Å². The molecule has 2 heterocycles. The van der Waals surface area contributed by atoms with Gasteiger partial charge in [0.1, 0.15) is 23.3 Å². The van der Waals surface area contributed by atoms with Gasteiger partial charge in [0.2, 0.25) is 0 Å². The van der Waals surface area contributed by atoms with Gasteiger partial charge in [-0.1, -0.05) is 50.3 Å². The Morgan fingerprint density at radius 1 is 1.10 bits per heavy atom. The van der Waals surface area contributed by atoms with Gasteiger partial charge in [-0.15, -0.1) is 0 Å². The summed E-state index contributed by atoms with van der Waals surface area (Å²) in [4.78, 5) is 11.8. The third kappa shape index (κ3) is 4.24. The van der Waals surface area contributed by atoms with Crippen LogP contribution in [0, 0.1) is 11.7 Å². The Morgan fingerprint density at radius 2 is 1.81 bits per heavy atom. The summed E-state index contributed by atoms with van der Waals surface area (Å²) in [5, 5.41) is 9.97. The van der Waals surface area contributed by atoms with E-state index >= 15 is 0 Å². The summed E-state index contributed by atoms with van der Waals surface area (Å²) in [5.74, 6) is 0.110. The smallest absolute Gasteiger partial charge is 0.309 e. The number of hydrogen-bond acceptors (Lipinski definition) is 4. The van der Waals surface area contributed by atoms with Crippen molar-refractivity contribution in [3.63, 3.8) is 0 Å². The topological polar surface area (TPSA) is 55.8 Å². The fourth-order valence-corrected chi connectivity index (χ4v) is 4.99. The third-order valence-corrected chi connectivity index (χ3v) is 6.68. The summed E-state index contributed by atoms with van der Waals surface area (Å²) in [6, 6.07) is 14.7. The zero-order valence-corrected chi connectivity index (χ0v) is 18.0. The lowest BCUT2D eigenvalue weighted by Crippen LogP contribution is -2.48. The highest BCUT2D eigenvalue weighted by Gasteiger charge is 2.47. The van der Waals surface area contributed by atoms with E-state index in [1.807, 2.05) is 36.4 Å². The zero-order chi connectivity index (χ0) is 22.0. The largest absolute Gasteiger partial charge is 0.486 e. The minimum Gasteiger partial charge on any atom is -0.486 e. The van der Waals surface area contributed by atoms with E-state index in [0.29, 0.717) is 6.42 Å². The van der Waals surface area contributed by atoms with Crippen LogP contribution >= 0.6 is 0 Å². The second-order valence-corrected chi connectivity index (χ2v) is 8.47. The van der Waals surface area contributed by atoms with E-state index in [1.54, 1.807) is 0 Å². The van der Waals surface area contributed by atoms with Crippen LogP contribution < -0.4 is 4.74 Å². The number of carbonyl (C=O) groups excluding carboxylic acids is 1. The highest BCUT2D eigenvalue weighted by molar-refractivity contribution is 5.71. The number of esters is 1. The number of carbonyl (C=O) groups is 1. The minimum absolute atomic E-state index is 0.0362. The van der Waals surface area contributed by atoms with Crippen LogP contribution in [0.1, 0.15) is 56.6 Å². The van der Waals surface area contributed by atoms with Crippen LogP contribution in [0.25, 0.3) is 0 Å². The number of cyclic esters (lactones) is 1. The lowest BCUT2D eigenvalue weighted by Gasteiger charge is -2.47. The minimum atomic E-state index is -0.686. The molecule has 1 fully saturated rings. The summed E-state index contributed by atoms with van der Waals surface area (Å²) in [6.45, 7) is 4.23. The van der Waals surface area contributed by atoms with Crippen molar-refractivity contribution in [1.82, 2.24) is 0 Å². The van der Waals surface area contributed by atoms with E-state index in [4.69, 9.17) is 9.47 Å². The van der Waals surface area contributed by atoms with Crippen LogP contribution in [-0.2, 0) is 9.53 Å². The molecule has 31 heavy (non-hydrogen) atoms. The summed E-state index contributed by atoms with van der Waals surface area (Å²) in [5.41, 5.74) is 1.61. The van der Waals surface area contributed by atoms with Crippen molar-refractivity contribution in [2.45, 2.75) is 63.3 Å². The number of rotatable bonds is 5. The van der Waals surface area contributed by atoms with Crippen LogP contribution in [0.5, 0.6) is 5.75 Å². The van der Waals surface area contributed by atoms with E-state index in [2.05, 4.69) is 26.0 Å². The van der Waals surface area contributed by atoms with Gasteiger partial charge < -0.3 is 14.6 Å². The van der Waals surface area contributed by atoms with E-state index in [0.717, 1.165) is 29.7 Å². The van der Waals surface area contributed by atoms with Gasteiger partial charge in [0.25, 0.3) is 0 Å². The van der Waals surface area contributed by atoms with Crippen molar-refractivity contribution < 1.29 is 23.8 Å². The van der Waals surface area contributed by atoms with Crippen molar-refractivity contribution in [1.29, 1.82) is 0 Å². The molecule has 4 nitrogen and oxygen atoms in total. The van der Waals surface area contributed by atoms with Crippen molar-refractivity contribution >= 4 is 5.97 Å². The standard InChI is InChI=1S/C26H29FO4/c1-3-26(4-2)22(14-13-20-15-19(28)16-24(29)30-20)25(17-9-11-18(27)12-10-17)21-7-5-6-8-23(21)31-26/h5-14,19-20,22,25,28H,3-4,15-16H2,1-2H3/b14-13+. The number of aliphatic hydroxyl groups is 1. The number of para-hydroxylation sites is 1. The summed E-state index contributed by atoms with van der Waals surface area (Å²) in [7, 11) is 0. The Labute approximate surface area is 182 Å². The highest BCUT2D eigenvalue weighted by Crippen LogP contribution is 2.51. The average molecular weight is 425 g/mol. The highest BCUT2D eigenvalue weighted by atomic mass is 19.1. The van der Waals surface area contributed by atoms with Crippen LogP contribution in [0.3, 0.4) is 0 Å². The van der Waals surface area contributed by atoms with Gasteiger partial charge in [0.15, 0.2) is 0 Å². The molecule has 2 aliphatic heterocycles. The molecule has 0 aromatic heterocycles. The van der Waals surface area contributed by atoms with Gasteiger partial charge in [-0.05, 0) is 42.7 Å². The second kappa shape index (κ2) is 8.83. The van der Waals surface area contributed by atoms with Crippen molar-refractivity contribution in [2.75, 3.05) is 0 Å². The first-order valence-corrected chi connectivity index (χ1v) is 11.0. The van der Waals surface area contributed by atoms with E-state index in [-0.39, 0.29) is 30.0 Å². The summed E-state index contributed by atoms with van der Waals surface area (Å²) >= 11 is 0. The van der Waals surface area contributed by atoms with Crippen LogP contribution in [-0.4, -0.2) is 28.9 Å². The molecule has 2 aliphatic rings. The maximum atomic E-state index is 13.7. The van der Waals surface area contributed by atoms with Crippen LogP contribution in [0.15, 0.2) is 60.7 Å². The molecule has 4 rings (SSSR count). The molecule has 0 bridgehead atoms. The first-order chi connectivity index (χ1) is 15.0. The van der Waals surface area contributed by atoms with Gasteiger partial charge in [-0.3, -0.25) is 4.79 Å². The van der Waals surface area contributed by atoms with Gasteiger partial charge in [-0.2, -0.15) is 0 Å². The van der Waals surface area contributed by atoms with E-state index in [1.165, 1.54) is 12.1 Å². The lowest BCUT2D eigenvalue weighted by atomic mass is 9.67. The molecule has 164 valence electrons. The molecule has 0 amide bonds. The maximum Gasteiger partial charge on any atom is 0.309 e. The van der Waals surface area contributed by atoms with Gasteiger partial charge in [-0.25, -0.2) is 4.39 Å². The molecule has 4 unspecified atom stereocenters. The lowest BCUT2D eigenvalue weighted by molar-refractivity contribution is -0.156. The molecule has 1 saturated heterocycles. The molecule has 0 aliphatic carbocycles. The molecule has 0 saturated carbocycles. The second-order valence-electron chi connectivity index (χ2n) is 8.47. The fourth-order valence-electron chi connectivity index (χ4n) is 4.99. The number of aliphatic hydroxyl groups excluding tert-OH is 1. The Bertz CT molecular complexity index is 948. The van der Waals surface area contributed by atoms with Crippen LogP contribution in [0.4, 0.5) is 4.39 Å². The number of halogens is 1. The molecule has 0 radical (unpaired) electrons. The molecular formula is C26H29FO4. The number of hydrogen-bond donors (Lipinski definition) is 1. The first-order valence-electron chi connectivity index (χ1n) is 11.0. The van der Waals surface area contributed by atoms with Gasteiger partial charge in [0.05, 0.1) is 12.5 Å². The van der Waals surface area contributed by atoms with Crippen LogP contribution in [0.2, 0.25) is 0 Å². The quantitative estimate of drug-likeness (QED) is 0.533. The maximum absolute atomic E-state index is 13.7. The Morgan fingerprint density at radius 3 is 2.48 bits per heavy atom. The third-order valence-electron chi connectivity index (χ3n) is 6.68. The number of benzene rings is 2. The Kier molecular flexibility index (Phi) is 6.15. The Balaban J connectivity index is 1.79. The first kappa shape index (κ1) is 21.6. The molecule has 0 spiro atoms.